The van der Waals surface area contributed by atoms with Gasteiger partial charge in [0.1, 0.15) is 5.01 Å². The van der Waals surface area contributed by atoms with Crippen molar-refractivity contribution in [1.29, 1.82) is 0 Å². The summed E-state index contributed by atoms with van der Waals surface area (Å²) in [5.74, 6) is 0. The average Bonchev–Trinajstić information content (AvgIpc) is 2.59. The molecule has 78 valence electrons. The highest BCUT2D eigenvalue weighted by Gasteiger charge is 2.06. The van der Waals surface area contributed by atoms with Crippen LogP contribution in [0.1, 0.15) is 10.6 Å². The lowest BCUT2D eigenvalue weighted by molar-refractivity contribution is 0.983. The molecule has 0 saturated carbocycles. The van der Waals surface area contributed by atoms with Crippen LogP contribution in [0.3, 0.4) is 0 Å². The van der Waals surface area contributed by atoms with E-state index in [1.807, 2.05) is 32.0 Å². The molecule has 0 unspecified atom stereocenters. The van der Waals surface area contributed by atoms with Crippen molar-refractivity contribution in [3.63, 3.8) is 0 Å². The van der Waals surface area contributed by atoms with Crippen LogP contribution in [0.5, 0.6) is 0 Å². The Morgan fingerprint density at radius 1 is 1.27 bits per heavy atom. The number of hydrogen-bond donors (Lipinski definition) is 1. The third-order valence-corrected chi connectivity index (χ3v) is 4.08. The molecular weight excluding hydrogens is 226 g/mol. The van der Waals surface area contributed by atoms with Gasteiger partial charge in [-0.25, -0.2) is 0 Å². The molecule has 0 radical (unpaired) electrons. The summed E-state index contributed by atoms with van der Waals surface area (Å²) in [5, 5.41) is 9.04. The van der Waals surface area contributed by atoms with Crippen molar-refractivity contribution in [1.82, 2.24) is 10.2 Å². The number of nitrogens with two attached hydrogens (primary N) is 1. The largest absolute Gasteiger partial charge is 0.398 e. The van der Waals surface area contributed by atoms with E-state index in [-0.39, 0.29) is 0 Å². The van der Waals surface area contributed by atoms with E-state index in [0.29, 0.717) is 0 Å². The van der Waals surface area contributed by atoms with Crippen molar-refractivity contribution in [2.24, 2.45) is 0 Å². The molecule has 2 rings (SSSR count). The van der Waals surface area contributed by atoms with E-state index in [9.17, 15) is 0 Å². The zero-order chi connectivity index (χ0) is 10.8. The summed E-state index contributed by atoms with van der Waals surface area (Å²) in [6, 6.07) is 5.91. The predicted octanol–water partition coefficient (Wildman–Crippen LogP) is 2.89. The van der Waals surface area contributed by atoms with Crippen LogP contribution >= 0.6 is 23.1 Å². The minimum absolute atomic E-state index is 0.821. The first-order valence-electron chi connectivity index (χ1n) is 4.50. The molecule has 2 N–H and O–H groups in total. The smallest absolute Gasteiger partial charge is 0.179 e. The number of nitrogen functional groups attached to an aromatic ring is 1. The van der Waals surface area contributed by atoms with Crippen molar-refractivity contribution in [3.05, 3.63) is 28.8 Å². The molecule has 15 heavy (non-hydrogen) atoms. The third-order valence-electron chi connectivity index (χ3n) is 2.03. The molecule has 3 nitrogen and oxygen atoms in total. The van der Waals surface area contributed by atoms with Gasteiger partial charge in [-0.05, 0) is 31.5 Å². The van der Waals surface area contributed by atoms with E-state index in [0.717, 1.165) is 25.5 Å². The van der Waals surface area contributed by atoms with Gasteiger partial charge in [0.05, 0.1) is 0 Å². The van der Waals surface area contributed by atoms with E-state index in [2.05, 4.69) is 10.2 Å². The van der Waals surface area contributed by atoms with Crippen molar-refractivity contribution < 1.29 is 0 Å². The van der Waals surface area contributed by atoms with Gasteiger partial charge < -0.3 is 5.73 Å². The Balaban J connectivity index is 2.28. The average molecular weight is 237 g/mol. The van der Waals surface area contributed by atoms with Crippen LogP contribution in [0.4, 0.5) is 5.69 Å². The fourth-order valence-electron chi connectivity index (χ4n) is 1.16. The van der Waals surface area contributed by atoms with Crippen molar-refractivity contribution in [2.45, 2.75) is 23.1 Å². The topological polar surface area (TPSA) is 51.8 Å². The van der Waals surface area contributed by atoms with Gasteiger partial charge in [0.25, 0.3) is 0 Å². The summed E-state index contributed by atoms with van der Waals surface area (Å²) < 4.78 is 0.959. The van der Waals surface area contributed by atoms with Crippen molar-refractivity contribution in [2.75, 3.05) is 5.73 Å². The lowest BCUT2D eigenvalue weighted by atomic mass is 10.2. The SMILES string of the molecule is Cc1nnc(Sc2cccc(N)c2C)s1. The maximum atomic E-state index is 5.83. The minimum atomic E-state index is 0.821. The first kappa shape index (κ1) is 10.4. The van der Waals surface area contributed by atoms with Crippen LogP contribution in [0, 0.1) is 13.8 Å². The fourth-order valence-corrected chi connectivity index (χ4v) is 3.06. The maximum absolute atomic E-state index is 5.83. The molecule has 0 fully saturated rings. The first-order valence-corrected chi connectivity index (χ1v) is 6.13. The normalized spacial score (nSPS) is 10.5. The van der Waals surface area contributed by atoms with Gasteiger partial charge in [-0.15, -0.1) is 10.2 Å². The molecule has 5 heteroatoms. The van der Waals surface area contributed by atoms with E-state index in [1.54, 1.807) is 23.1 Å². The Hall–Kier alpha value is -1.07. The number of hydrogen-bond acceptors (Lipinski definition) is 5. The molecule has 2 aromatic rings. The Morgan fingerprint density at radius 3 is 2.73 bits per heavy atom. The van der Waals surface area contributed by atoms with E-state index >= 15 is 0 Å². The summed E-state index contributed by atoms with van der Waals surface area (Å²) in [4.78, 5) is 1.14. The first-order chi connectivity index (χ1) is 7.16. The minimum Gasteiger partial charge on any atom is -0.398 e. The number of rotatable bonds is 2. The quantitative estimate of drug-likeness (QED) is 0.816. The molecule has 0 aliphatic carbocycles. The van der Waals surface area contributed by atoms with Crippen LogP contribution in [-0.2, 0) is 0 Å². The predicted molar refractivity (Wildman–Crippen MR) is 64.4 cm³/mol. The highest BCUT2D eigenvalue weighted by molar-refractivity contribution is 8.01. The van der Waals surface area contributed by atoms with Gasteiger partial charge in [-0.3, -0.25) is 0 Å². The monoisotopic (exact) mass is 237 g/mol. The highest BCUT2D eigenvalue weighted by Crippen LogP contribution is 2.33. The van der Waals surface area contributed by atoms with Crippen LogP contribution in [-0.4, -0.2) is 10.2 Å². The zero-order valence-electron chi connectivity index (χ0n) is 8.52. The second kappa shape index (κ2) is 4.20. The molecule has 0 spiro atoms. The number of anilines is 1. The summed E-state index contributed by atoms with van der Waals surface area (Å²) in [5.41, 5.74) is 7.76. The lowest BCUT2D eigenvalue weighted by Crippen LogP contribution is -1.90. The second-order valence-corrected chi connectivity index (χ2v) is 5.63. The summed E-state index contributed by atoms with van der Waals surface area (Å²) in [6.45, 7) is 3.97. The van der Waals surface area contributed by atoms with E-state index in [4.69, 9.17) is 5.73 Å². The van der Waals surface area contributed by atoms with Gasteiger partial charge in [0.2, 0.25) is 0 Å². The lowest BCUT2D eigenvalue weighted by Gasteiger charge is -2.04. The van der Waals surface area contributed by atoms with Crippen LogP contribution in [0.25, 0.3) is 0 Å². The highest BCUT2D eigenvalue weighted by atomic mass is 32.2. The van der Waals surface area contributed by atoms with Crippen LogP contribution in [0.2, 0.25) is 0 Å². The fraction of sp³-hybridized carbons (Fsp3) is 0.200. The molecular formula is C10H11N3S2. The van der Waals surface area contributed by atoms with Crippen LogP contribution in [0.15, 0.2) is 27.4 Å². The molecule has 0 atom stereocenters. The van der Waals surface area contributed by atoms with Gasteiger partial charge in [0.15, 0.2) is 4.34 Å². The van der Waals surface area contributed by atoms with Crippen LogP contribution < -0.4 is 5.73 Å². The Morgan fingerprint density at radius 2 is 2.07 bits per heavy atom. The number of benzene rings is 1. The molecule has 0 saturated heterocycles. The molecule has 1 heterocycles. The standard InChI is InChI=1S/C10H11N3S2/c1-6-8(11)4-3-5-9(6)15-10-13-12-7(2)14-10/h3-5H,11H2,1-2H3. The second-order valence-electron chi connectivity index (χ2n) is 3.16. The van der Waals surface area contributed by atoms with Gasteiger partial charge in [-0.2, -0.15) is 0 Å². The number of nitrogens with zero attached hydrogens (tertiary/aromatic N) is 2. The molecule has 0 aliphatic heterocycles. The van der Waals surface area contributed by atoms with Gasteiger partial charge in [-0.1, -0.05) is 29.2 Å². The van der Waals surface area contributed by atoms with E-state index < -0.39 is 0 Å². The van der Waals surface area contributed by atoms with E-state index in [1.165, 1.54) is 0 Å². The molecule has 1 aromatic carbocycles. The van der Waals surface area contributed by atoms with Crippen molar-refractivity contribution >= 4 is 28.8 Å². The maximum Gasteiger partial charge on any atom is 0.179 e. The van der Waals surface area contributed by atoms with Crippen molar-refractivity contribution in [3.8, 4) is 0 Å². The van der Waals surface area contributed by atoms with Gasteiger partial charge in [0, 0.05) is 10.6 Å². The Labute approximate surface area is 96.7 Å². The summed E-state index contributed by atoms with van der Waals surface area (Å²) in [7, 11) is 0. The van der Waals surface area contributed by atoms with Gasteiger partial charge >= 0.3 is 0 Å². The molecule has 0 bridgehead atoms. The Bertz CT molecular complexity index is 479. The number of aromatic nitrogens is 2. The molecule has 0 aliphatic rings. The molecule has 1 aromatic heterocycles. The number of aryl methyl sites for hydroxylation is 1. The Kier molecular flexibility index (Phi) is 2.93. The zero-order valence-corrected chi connectivity index (χ0v) is 10.2. The molecule has 0 amide bonds. The summed E-state index contributed by atoms with van der Waals surface area (Å²) in [6.07, 6.45) is 0. The summed E-state index contributed by atoms with van der Waals surface area (Å²) >= 11 is 3.21. The third kappa shape index (κ3) is 2.30.